The molecule has 0 bridgehead atoms. The molecule has 2 aromatic rings. The number of aryl methyl sites for hydroxylation is 1. The highest BCUT2D eigenvalue weighted by Crippen LogP contribution is 2.20. The van der Waals surface area contributed by atoms with E-state index in [2.05, 4.69) is 10.4 Å². The average molecular weight is 313 g/mol. The van der Waals surface area contributed by atoms with E-state index >= 15 is 0 Å². The number of rotatable bonds is 7. The van der Waals surface area contributed by atoms with Gasteiger partial charge in [0.25, 0.3) is 0 Å². The van der Waals surface area contributed by atoms with E-state index in [-0.39, 0.29) is 18.2 Å². The largest absolute Gasteiger partial charge is 0.394 e. The molecule has 0 aliphatic rings. The van der Waals surface area contributed by atoms with Crippen molar-refractivity contribution in [3.8, 4) is 0 Å². The molecule has 0 radical (unpaired) electrons. The Labute approximate surface area is 126 Å². The first-order valence-corrected chi connectivity index (χ1v) is 7.00. The lowest BCUT2D eigenvalue weighted by Crippen LogP contribution is -2.33. The molecule has 0 amide bonds. The number of benzene rings is 1. The van der Waals surface area contributed by atoms with Crippen molar-refractivity contribution in [3.63, 3.8) is 0 Å². The van der Waals surface area contributed by atoms with Gasteiger partial charge in [-0.05, 0) is 37.1 Å². The van der Waals surface area contributed by atoms with Crippen LogP contribution in [-0.4, -0.2) is 27.5 Å². The predicted molar refractivity (Wildman–Crippen MR) is 75.6 cm³/mol. The SMILES string of the molecule is CC(CCn1cccn1)NC(CO)c1cc(F)c(F)c(F)c1. The van der Waals surface area contributed by atoms with Crippen molar-refractivity contribution < 1.29 is 18.3 Å². The molecule has 2 N–H and O–H groups in total. The first-order valence-electron chi connectivity index (χ1n) is 7.00. The first-order chi connectivity index (χ1) is 10.5. The molecule has 0 spiro atoms. The van der Waals surface area contributed by atoms with Crippen LogP contribution in [-0.2, 0) is 6.54 Å². The molecule has 22 heavy (non-hydrogen) atoms. The van der Waals surface area contributed by atoms with Crippen molar-refractivity contribution >= 4 is 0 Å². The second-order valence-corrected chi connectivity index (χ2v) is 5.16. The molecule has 0 saturated heterocycles. The van der Waals surface area contributed by atoms with Crippen LogP contribution >= 0.6 is 0 Å². The zero-order valence-corrected chi connectivity index (χ0v) is 12.1. The number of hydrogen-bond acceptors (Lipinski definition) is 3. The molecule has 2 rings (SSSR count). The Morgan fingerprint density at radius 1 is 1.27 bits per heavy atom. The van der Waals surface area contributed by atoms with Gasteiger partial charge in [0.1, 0.15) is 0 Å². The van der Waals surface area contributed by atoms with Crippen molar-refractivity contribution in [1.82, 2.24) is 15.1 Å². The fourth-order valence-electron chi connectivity index (χ4n) is 2.22. The van der Waals surface area contributed by atoms with Gasteiger partial charge in [0.2, 0.25) is 0 Å². The maximum Gasteiger partial charge on any atom is 0.194 e. The quantitative estimate of drug-likeness (QED) is 0.772. The van der Waals surface area contributed by atoms with E-state index in [1.54, 1.807) is 10.9 Å². The van der Waals surface area contributed by atoms with Crippen LogP contribution in [0.5, 0.6) is 0 Å². The number of hydrogen-bond donors (Lipinski definition) is 2. The zero-order chi connectivity index (χ0) is 16.1. The maximum absolute atomic E-state index is 13.3. The Hall–Kier alpha value is -1.86. The molecule has 1 aromatic carbocycles. The van der Waals surface area contributed by atoms with E-state index < -0.39 is 23.5 Å². The monoisotopic (exact) mass is 313 g/mol. The summed E-state index contributed by atoms with van der Waals surface area (Å²) in [5, 5.41) is 16.6. The van der Waals surface area contributed by atoms with Crippen LogP contribution < -0.4 is 5.32 Å². The smallest absolute Gasteiger partial charge is 0.194 e. The fourth-order valence-corrected chi connectivity index (χ4v) is 2.22. The number of aliphatic hydroxyl groups is 1. The normalized spacial score (nSPS) is 14.0. The predicted octanol–water partition coefficient (Wildman–Crippen LogP) is 2.40. The van der Waals surface area contributed by atoms with Crippen molar-refractivity contribution in [2.45, 2.75) is 32.0 Å². The van der Waals surface area contributed by atoms with Crippen molar-refractivity contribution in [1.29, 1.82) is 0 Å². The highest BCUT2D eigenvalue weighted by molar-refractivity contribution is 5.23. The lowest BCUT2D eigenvalue weighted by atomic mass is 10.1. The second-order valence-electron chi connectivity index (χ2n) is 5.16. The Bertz CT molecular complexity index is 581. The Balaban J connectivity index is 1.99. The molecule has 2 atom stereocenters. The standard InChI is InChI=1S/C15H18F3N3O/c1-10(3-6-21-5-2-4-19-21)20-14(9-22)11-7-12(16)15(18)13(17)8-11/h2,4-5,7-8,10,14,20,22H,3,6,9H2,1H3. The lowest BCUT2D eigenvalue weighted by Gasteiger charge is -2.22. The van der Waals surface area contributed by atoms with E-state index in [0.717, 1.165) is 12.1 Å². The third kappa shape index (κ3) is 4.08. The van der Waals surface area contributed by atoms with Crippen LogP contribution in [0, 0.1) is 17.5 Å². The van der Waals surface area contributed by atoms with Crippen LogP contribution in [0.2, 0.25) is 0 Å². The summed E-state index contributed by atoms with van der Waals surface area (Å²) in [5.74, 6) is -4.04. The Kier molecular flexibility index (Phi) is 5.57. The van der Waals surface area contributed by atoms with Crippen LogP contribution in [0.15, 0.2) is 30.6 Å². The zero-order valence-electron chi connectivity index (χ0n) is 12.1. The van der Waals surface area contributed by atoms with Gasteiger partial charge in [-0.3, -0.25) is 4.68 Å². The summed E-state index contributed by atoms with van der Waals surface area (Å²) in [7, 11) is 0. The van der Waals surface area contributed by atoms with Gasteiger partial charge in [-0.1, -0.05) is 0 Å². The molecule has 0 aliphatic heterocycles. The number of nitrogens with one attached hydrogen (secondary N) is 1. The molecule has 2 unspecified atom stereocenters. The minimum Gasteiger partial charge on any atom is -0.394 e. The Morgan fingerprint density at radius 2 is 1.95 bits per heavy atom. The van der Waals surface area contributed by atoms with E-state index in [9.17, 15) is 18.3 Å². The van der Waals surface area contributed by atoms with Gasteiger partial charge in [-0.2, -0.15) is 5.10 Å². The molecule has 1 aromatic heterocycles. The van der Waals surface area contributed by atoms with Gasteiger partial charge in [-0.25, -0.2) is 13.2 Å². The van der Waals surface area contributed by atoms with Gasteiger partial charge in [0, 0.05) is 25.0 Å². The number of halogens is 3. The summed E-state index contributed by atoms with van der Waals surface area (Å²) in [6.45, 7) is 2.21. The molecular weight excluding hydrogens is 295 g/mol. The van der Waals surface area contributed by atoms with E-state index in [1.807, 2.05) is 19.2 Å². The molecule has 0 saturated carbocycles. The number of nitrogens with zero attached hydrogens (tertiary/aromatic N) is 2. The molecular formula is C15H18F3N3O. The summed E-state index contributed by atoms with van der Waals surface area (Å²) in [4.78, 5) is 0. The van der Waals surface area contributed by atoms with Crippen LogP contribution in [0.1, 0.15) is 24.9 Å². The lowest BCUT2D eigenvalue weighted by molar-refractivity contribution is 0.230. The van der Waals surface area contributed by atoms with E-state index in [1.165, 1.54) is 0 Å². The van der Waals surface area contributed by atoms with Gasteiger partial charge in [-0.15, -0.1) is 0 Å². The summed E-state index contributed by atoms with van der Waals surface area (Å²) >= 11 is 0. The minimum absolute atomic E-state index is 0.0301. The summed E-state index contributed by atoms with van der Waals surface area (Å²) in [6.07, 6.45) is 4.23. The molecule has 4 nitrogen and oxygen atoms in total. The Morgan fingerprint density at radius 3 is 2.50 bits per heavy atom. The topological polar surface area (TPSA) is 50.1 Å². The molecule has 1 heterocycles. The summed E-state index contributed by atoms with van der Waals surface area (Å²) in [6, 6.07) is 2.91. The van der Waals surface area contributed by atoms with Crippen molar-refractivity contribution in [2.75, 3.05) is 6.61 Å². The van der Waals surface area contributed by atoms with Gasteiger partial charge >= 0.3 is 0 Å². The van der Waals surface area contributed by atoms with Crippen LogP contribution in [0.3, 0.4) is 0 Å². The molecule has 0 fully saturated rings. The van der Waals surface area contributed by atoms with Gasteiger partial charge < -0.3 is 10.4 Å². The highest BCUT2D eigenvalue weighted by atomic mass is 19.2. The molecule has 0 aliphatic carbocycles. The first kappa shape index (κ1) is 16.5. The summed E-state index contributed by atoms with van der Waals surface area (Å²) < 4.78 is 41.3. The van der Waals surface area contributed by atoms with Crippen LogP contribution in [0.25, 0.3) is 0 Å². The van der Waals surface area contributed by atoms with Gasteiger partial charge in [0.05, 0.1) is 12.6 Å². The third-order valence-electron chi connectivity index (χ3n) is 3.43. The number of aliphatic hydroxyl groups excluding tert-OH is 1. The van der Waals surface area contributed by atoms with E-state index in [4.69, 9.17) is 0 Å². The summed E-state index contributed by atoms with van der Waals surface area (Å²) in [5.41, 5.74) is 0.171. The molecule has 7 heteroatoms. The van der Waals surface area contributed by atoms with E-state index in [0.29, 0.717) is 13.0 Å². The minimum atomic E-state index is -1.51. The average Bonchev–Trinajstić information content (AvgIpc) is 3.01. The second kappa shape index (κ2) is 7.42. The van der Waals surface area contributed by atoms with Crippen molar-refractivity contribution in [2.24, 2.45) is 0 Å². The van der Waals surface area contributed by atoms with Crippen molar-refractivity contribution in [3.05, 3.63) is 53.6 Å². The highest BCUT2D eigenvalue weighted by Gasteiger charge is 2.18. The van der Waals surface area contributed by atoms with Crippen LogP contribution in [0.4, 0.5) is 13.2 Å². The molecule has 120 valence electrons. The third-order valence-corrected chi connectivity index (χ3v) is 3.43. The fraction of sp³-hybridized carbons (Fsp3) is 0.400. The van der Waals surface area contributed by atoms with Gasteiger partial charge in [0.15, 0.2) is 17.5 Å². The maximum atomic E-state index is 13.3. The number of aromatic nitrogens is 2.